The smallest absolute Gasteiger partial charge is 0.348 e. The van der Waals surface area contributed by atoms with E-state index in [-0.39, 0.29) is 18.4 Å². The maximum Gasteiger partial charge on any atom is 0.348 e. The zero-order valence-electron chi connectivity index (χ0n) is 6.78. The number of hydrogen-bond acceptors (Lipinski definition) is 3. The van der Waals surface area contributed by atoms with Crippen LogP contribution in [0, 0.1) is 0 Å². The summed E-state index contributed by atoms with van der Waals surface area (Å²) < 4.78 is 4.91. The lowest BCUT2D eigenvalue weighted by Gasteiger charge is -1.98. The molecule has 0 saturated heterocycles. The van der Waals surface area contributed by atoms with Gasteiger partial charge in [0.15, 0.2) is 0 Å². The molecule has 0 radical (unpaired) electrons. The average molecular weight is 207 g/mol. The van der Waals surface area contributed by atoms with Gasteiger partial charge in [-0.3, -0.25) is 0 Å². The van der Waals surface area contributed by atoms with Crippen LogP contribution in [-0.4, -0.2) is 12.6 Å². The molecule has 0 aliphatic rings. The number of thiophene rings is 1. The van der Waals surface area contributed by atoms with Crippen molar-refractivity contribution < 1.29 is 9.53 Å². The van der Waals surface area contributed by atoms with E-state index in [1.54, 1.807) is 6.07 Å². The highest BCUT2D eigenvalue weighted by Crippen LogP contribution is 2.09. The van der Waals surface area contributed by atoms with Gasteiger partial charge in [-0.05, 0) is 17.9 Å². The largest absolute Gasteiger partial charge is 0.462 e. The maximum absolute atomic E-state index is 11.1. The zero-order valence-corrected chi connectivity index (χ0v) is 8.41. The van der Waals surface area contributed by atoms with Gasteiger partial charge in [-0.1, -0.05) is 13.0 Å². The van der Waals surface area contributed by atoms with Crippen LogP contribution in [0.15, 0.2) is 17.5 Å². The van der Waals surface area contributed by atoms with E-state index < -0.39 is 0 Å². The van der Waals surface area contributed by atoms with Gasteiger partial charge in [0.2, 0.25) is 0 Å². The molecule has 0 unspecified atom stereocenters. The summed E-state index contributed by atoms with van der Waals surface area (Å²) in [5, 5.41) is 1.86. The Morgan fingerprint density at radius 1 is 1.67 bits per heavy atom. The normalized spacial score (nSPS) is 8.75. The van der Waals surface area contributed by atoms with Crippen LogP contribution < -0.4 is 0 Å². The molecule has 1 heterocycles. The minimum absolute atomic E-state index is 0. The summed E-state index contributed by atoms with van der Waals surface area (Å²) in [7, 11) is 0. The van der Waals surface area contributed by atoms with Gasteiger partial charge in [0.05, 0.1) is 6.61 Å². The summed E-state index contributed by atoms with van der Waals surface area (Å²) >= 11 is 1.41. The lowest BCUT2D eigenvalue weighted by Crippen LogP contribution is -2.03. The molecule has 0 amide bonds. The topological polar surface area (TPSA) is 26.3 Å². The van der Waals surface area contributed by atoms with E-state index in [0.29, 0.717) is 11.5 Å². The second-order valence-corrected chi connectivity index (χ2v) is 3.06. The van der Waals surface area contributed by atoms with Crippen LogP contribution in [0.4, 0.5) is 0 Å². The van der Waals surface area contributed by atoms with Crippen molar-refractivity contribution in [1.29, 1.82) is 0 Å². The van der Waals surface area contributed by atoms with Crippen molar-refractivity contribution in [2.45, 2.75) is 13.3 Å². The maximum atomic E-state index is 11.1. The van der Waals surface area contributed by atoms with Crippen LogP contribution in [-0.2, 0) is 4.74 Å². The number of carbonyl (C=O) groups excluding carboxylic acids is 1. The molecule has 0 aromatic carbocycles. The molecule has 68 valence electrons. The highest BCUT2D eigenvalue weighted by atomic mass is 35.5. The molecule has 12 heavy (non-hydrogen) atoms. The number of esters is 1. The number of carbonyl (C=O) groups is 1. The molecule has 0 saturated carbocycles. The van der Waals surface area contributed by atoms with Crippen molar-refractivity contribution in [1.82, 2.24) is 0 Å². The van der Waals surface area contributed by atoms with Gasteiger partial charge in [0, 0.05) is 0 Å². The number of ether oxygens (including phenoxy) is 1. The van der Waals surface area contributed by atoms with Crippen LogP contribution in [0.5, 0.6) is 0 Å². The van der Waals surface area contributed by atoms with Crippen molar-refractivity contribution in [2.75, 3.05) is 6.61 Å². The Kier molecular flexibility index (Phi) is 5.76. The number of hydrogen-bond donors (Lipinski definition) is 0. The predicted octanol–water partition coefficient (Wildman–Crippen LogP) is 2.74. The Morgan fingerprint density at radius 2 is 2.42 bits per heavy atom. The summed E-state index contributed by atoms with van der Waals surface area (Å²) in [6.07, 6.45) is 0.872. The van der Waals surface area contributed by atoms with Crippen LogP contribution in [0.3, 0.4) is 0 Å². The van der Waals surface area contributed by atoms with Crippen LogP contribution in [0.2, 0.25) is 0 Å². The van der Waals surface area contributed by atoms with Gasteiger partial charge in [0.25, 0.3) is 0 Å². The molecule has 1 rings (SSSR count). The Labute approximate surface area is 82.0 Å². The second kappa shape index (κ2) is 6.03. The first-order valence-electron chi connectivity index (χ1n) is 3.55. The van der Waals surface area contributed by atoms with E-state index in [4.69, 9.17) is 4.74 Å². The van der Waals surface area contributed by atoms with Gasteiger partial charge in [-0.2, -0.15) is 0 Å². The predicted molar refractivity (Wildman–Crippen MR) is 52.1 cm³/mol. The minimum Gasteiger partial charge on any atom is -0.462 e. The fraction of sp³-hybridized carbons (Fsp3) is 0.375. The van der Waals surface area contributed by atoms with Crippen molar-refractivity contribution >= 4 is 29.7 Å². The monoisotopic (exact) mass is 206 g/mol. The molecule has 0 spiro atoms. The fourth-order valence-electron chi connectivity index (χ4n) is 0.661. The Balaban J connectivity index is 0.00000121. The standard InChI is InChI=1S/C8H10O2S.ClH/c1-2-5-10-8(9)7-4-3-6-11-7;/h3-4,6H,2,5H2,1H3;1H. The molecule has 1 aromatic rings. The molecule has 0 N–H and O–H groups in total. The summed E-state index contributed by atoms with van der Waals surface area (Å²) in [5.74, 6) is -0.207. The summed E-state index contributed by atoms with van der Waals surface area (Å²) in [5.41, 5.74) is 0. The van der Waals surface area contributed by atoms with E-state index in [1.165, 1.54) is 11.3 Å². The van der Waals surface area contributed by atoms with Gasteiger partial charge >= 0.3 is 5.97 Å². The molecule has 0 fully saturated rings. The lowest BCUT2D eigenvalue weighted by molar-refractivity contribution is 0.0511. The summed E-state index contributed by atoms with van der Waals surface area (Å²) in [6, 6.07) is 3.61. The molecule has 0 atom stereocenters. The summed E-state index contributed by atoms with van der Waals surface area (Å²) in [6.45, 7) is 2.48. The third kappa shape index (κ3) is 3.24. The molecule has 1 aromatic heterocycles. The molecule has 0 aliphatic heterocycles. The molecular formula is C8H11ClO2S. The molecule has 4 heteroatoms. The van der Waals surface area contributed by atoms with Crippen molar-refractivity contribution in [3.8, 4) is 0 Å². The van der Waals surface area contributed by atoms with E-state index in [2.05, 4.69) is 0 Å². The van der Waals surface area contributed by atoms with Gasteiger partial charge in [-0.15, -0.1) is 23.7 Å². The zero-order chi connectivity index (χ0) is 8.10. The first-order valence-corrected chi connectivity index (χ1v) is 4.43. The molecule has 0 aliphatic carbocycles. The first-order chi connectivity index (χ1) is 5.34. The van der Waals surface area contributed by atoms with E-state index >= 15 is 0 Å². The third-order valence-corrected chi connectivity index (χ3v) is 2.01. The van der Waals surface area contributed by atoms with Gasteiger partial charge in [0.1, 0.15) is 4.88 Å². The van der Waals surface area contributed by atoms with E-state index in [9.17, 15) is 4.79 Å². The third-order valence-electron chi connectivity index (χ3n) is 1.16. The molecule has 0 bridgehead atoms. The average Bonchev–Trinajstić information content (AvgIpc) is 2.52. The van der Waals surface area contributed by atoms with Gasteiger partial charge in [-0.25, -0.2) is 4.79 Å². The van der Waals surface area contributed by atoms with Crippen molar-refractivity contribution in [3.63, 3.8) is 0 Å². The molecular weight excluding hydrogens is 196 g/mol. The highest BCUT2D eigenvalue weighted by Gasteiger charge is 2.05. The van der Waals surface area contributed by atoms with E-state index in [0.717, 1.165) is 6.42 Å². The minimum atomic E-state index is -0.207. The quantitative estimate of drug-likeness (QED) is 0.711. The van der Waals surface area contributed by atoms with Crippen molar-refractivity contribution in [3.05, 3.63) is 22.4 Å². The number of rotatable bonds is 3. The fourth-order valence-corrected chi connectivity index (χ4v) is 1.28. The second-order valence-electron chi connectivity index (χ2n) is 2.11. The first kappa shape index (κ1) is 11.5. The van der Waals surface area contributed by atoms with Crippen LogP contribution in [0.1, 0.15) is 23.0 Å². The Morgan fingerprint density at radius 3 is 2.92 bits per heavy atom. The Bertz CT molecular complexity index is 221. The lowest BCUT2D eigenvalue weighted by atomic mass is 10.5. The van der Waals surface area contributed by atoms with Crippen LogP contribution in [0.25, 0.3) is 0 Å². The van der Waals surface area contributed by atoms with Gasteiger partial charge < -0.3 is 4.74 Å². The van der Waals surface area contributed by atoms with Crippen LogP contribution >= 0.6 is 23.7 Å². The number of halogens is 1. The Hall–Kier alpha value is -0.540. The highest BCUT2D eigenvalue weighted by molar-refractivity contribution is 7.11. The molecule has 2 nitrogen and oxygen atoms in total. The van der Waals surface area contributed by atoms with Crippen molar-refractivity contribution in [2.24, 2.45) is 0 Å². The summed E-state index contributed by atoms with van der Waals surface area (Å²) in [4.78, 5) is 11.7. The van der Waals surface area contributed by atoms with E-state index in [1.807, 2.05) is 18.4 Å². The SMILES string of the molecule is CCCOC(=O)c1cccs1.Cl.